The zero-order valence-corrected chi connectivity index (χ0v) is 15.7. The van der Waals surface area contributed by atoms with Crippen molar-refractivity contribution < 1.29 is 18.0 Å². The normalized spacial score (nSPS) is 26.1. The molecule has 1 aromatic carbocycles. The molecule has 1 fully saturated rings. The molecule has 0 amide bonds. The van der Waals surface area contributed by atoms with Gasteiger partial charge < -0.3 is 0 Å². The van der Waals surface area contributed by atoms with E-state index in [9.17, 15) is 18.0 Å². The molecule has 1 aliphatic heterocycles. The number of ketones is 2. The van der Waals surface area contributed by atoms with Gasteiger partial charge in [0.25, 0.3) is 0 Å². The van der Waals surface area contributed by atoms with Crippen LogP contribution in [0.15, 0.2) is 11.0 Å². The number of carbonyl (C=O) groups excluding carboxylic acids is 2. The standard InChI is InChI=1S/C16H16BrClO4S/c1-8-7-10(14(18)9-5-6-23(21,22)16(8)9)15(20)13-11(17)3-2-4-12(13)19/h7,11,13H,2-6H2,1H3. The Morgan fingerprint density at radius 2 is 2.04 bits per heavy atom. The van der Waals surface area contributed by atoms with Crippen LogP contribution in [-0.4, -0.2) is 30.6 Å². The van der Waals surface area contributed by atoms with E-state index < -0.39 is 15.8 Å². The first-order valence-corrected chi connectivity index (χ1v) is 10.4. The van der Waals surface area contributed by atoms with Gasteiger partial charge in [0.15, 0.2) is 15.6 Å². The Hall–Kier alpha value is -0.720. The van der Waals surface area contributed by atoms with Crippen molar-refractivity contribution in [1.29, 1.82) is 0 Å². The SMILES string of the molecule is Cc1cc(C(=O)C2C(=O)CCCC2Br)c(Cl)c2c1S(=O)(=O)CC2. The fourth-order valence-corrected chi connectivity index (χ4v) is 6.55. The molecule has 2 unspecified atom stereocenters. The summed E-state index contributed by atoms with van der Waals surface area (Å²) in [5, 5.41) is 0.190. The summed E-state index contributed by atoms with van der Waals surface area (Å²) < 4.78 is 24.2. The average Bonchev–Trinajstić information content (AvgIpc) is 2.79. The van der Waals surface area contributed by atoms with Crippen LogP contribution in [0.3, 0.4) is 0 Å². The molecule has 0 saturated heterocycles. The summed E-state index contributed by atoms with van der Waals surface area (Å²) in [6.45, 7) is 1.67. The summed E-state index contributed by atoms with van der Waals surface area (Å²) in [6.07, 6.45) is 2.25. The number of hydrogen-bond donors (Lipinski definition) is 0. The second-order valence-electron chi connectivity index (χ2n) is 6.15. The smallest absolute Gasteiger partial charge is 0.179 e. The lowest BCUT2D eigenvalue weighted by molar-refractivity contribution is -0.122. The Labute approximate surface area is 148 Å². The van der Waals surface area contributed by atoms with Crippen LogP contribution in [0.2, 0.25) is 5.02 Å². The van der Waals surface area contributed by atoms with Gasteiger partial charge in [0, 0.05) is 16.8 Å². The van der Waals surface area contributed by atoms with Crippen molar-refractivity contribution in [1.82, 2.24) is 0 Å². The molecule has 0 bridgehead atoms. The van der Waals surface area contributed by atoms with Crippen LogP contribution in [-0.2, 0) is 21.1 Å². The second kappa shape index (κ2) is 5.97. The molecule has 0 aromatic heterocycles. The maximum Gasteiger partial charge on any atom is 0.179 e. The highest BCUT2D eigenvalue weighted by molar-refractivity contribution is 9.09. The van der Waals surface area contributed by atoms with Crippen molar-refractivity contribution in [2.24, 2.45) is 5.92 Å². The highest BCUT2D eigenvalue weighted by Gasteiger charge is 2.39. The van der Waals surface area contributed by atoms with Gasteiger partial charge in [-0.3, -0.25) is 9.59 Å². The minimum absolute atomic E-state index is 0.0178. The predicted molar refractivity (Wildman–Crippen MR) is 91.3 cm³/mol. The van der Waals surface area contributed by atoms with Crippen molar-refractivity contribution >= 4 is 48.9 Å². The van der Waals surface area contributed by atoms with Crippen LogP contribution in [0.5, 0.6) is 0 Å². The summed E-state index contributed by atoms with van der Waals surface area (Å²) in [4.78, 5) is 25.1. The van der Waals surface area contributed by atoms with Gasteiger partial charge in [-0.2, -0.15) is 0 Å². The summed E-state index contributed by atoms with van der Waals surface area (Å²) >= 11 is 9.79. The Balaban J connectivity index is 2.10. The van der Waals surface area contributed by atoms with Crippen molar-refractivity contribution in [3.05, 3.63) is 27.8 Å². The molecule has 1 heterocycles. The van der Waals surface area contributed by atoms with Crippen LogP contribution in [0.25, 0.3) is 0 Å². The Bertz CT molecular complexity index is 816. The Morgan fingerprint density at radius 1 is 1.35 bits per heavy atom. The van der Waals surface area contributed by atoms with E-state index in [2.05, 4.69) is 15.9 Å². The van der Waals surface area contributed by atoms with Gasteiger partial charge >= 0.3 is 0 Å². The second-order valence-corrected chi connectivity index (χ2v) is 9.75. The number of Topliss-reactive ketones (excluding diaryl/α,β-unsaturated/α-hetero) is 2. The van der Waals surface area contributed by atoms with Crippen molar-refractivity contribution in [2.75, 3.05) is 5.75 Å². The van der Waals surface area contributed by atoms with Crippen molar-refractivity contribution in [2.45, 2.75) is 42.3 Å². The zero-order valence-electron chi connectivity index (χ0n) is 12.6. The molecule has 1 aliphatic carbocycles. The molecule has 7 heteroatoms. The summed E-state index contributed by atoms with van der Waals surface area (Å²) in [6, 6.07) is 1.52. The average molecular weight is 420 g/mol. The van der Waals surface area contributed by atoms with E-state index >= 15 is 0 Å². The van der Waals surface area contributed by atoms with Gasteiger partial charge in [-0.15, -0.1) is 0 Å². The molecular weight excluding hydrogens is 404 g/mol. The fourth-order valence-electron chi connectivity index (χ4n) is 3.49. The van der Waals surface area contributed by atoms with E-state index in [1.54, 1.807) is 6.92 Å². The number of carbonyl (C=O) groups is 2. The van der Waals surface area contributed by atoms with Gasteiger partial charge in [-0.25, -0.2) is 8.42 Å². The number of benzene rings is 1. The number of aryl methyl sites for hydroxylation is 1. The Morgan fingerprint density at radius 3 is 2.70 bits per heavy atom. The third kappa shape index (κ3) is 2.79. The van der Waals surface area contributed by atoms with Crippen molar-refractivity contribution in [3.63, 3.8) is 0 Å². The topological polar surface area (TPSA) is 68.3 Å². The summed E-state index contributed by atoms with van der Waals surface area (Å²) in [7, 11) is -3.32. The van der Waals surface area contributed by atoms with Gasteiger partial charge in [-0.1, -0.05) is 27.5 Å². The molecule has 23 heavy (non-hydrogen) atoms. The first-order chi connectivity index (χ1) is 10.7. The molecule has 0 N–H and O–H groups in total. The van der Waals surface area contributed by atoms with E-state index in [0.717, 1.165) is 12.8 Å². The first-order valence-electron chi connectivity index (χ1n) is 7.49. The lowest BCUT2D eigenvalue weighted by Gasteiger charge is -2.25. The highest BCUT2D eigenvalue weighted by Crippen LogP contribution is 2.39. The fraction of sp³-hybridized carbons (Fsp3) is 0.500. The number of hydrogen-bond acceptors (Lipinski definition) is 4. The largest absolute Gasteiger partial charge is 0.299 e. The van der Waals surface area contributed by atoms with E-state index in [1.165, 1.54) is 6.07 Å². The van der Waals surface area contributed by atoms with Crippen LogP contribution >= 0.6 is 27.5 Å². The Kier molecular flexibility index (Phi) is 4.44. The minimum atomic E-state index is -3.32. The minimum Gasteiger partial charge on any atom is -0.299 e. The molecule has 0 radical (unpaired) electrons. The molecule has 2 aliphatic rings. The summed E-state index contributed by atoms with van der Waals surface area (Å²) in [5.41, 5.74) is 1.31. The van der Waals surface area contributed by atoms with Crippen LogP contribution in [0.4, 0.5) is 0 Å². The van der Waals surface area contributed by atoms with Gasteiger partial charge in [0.1, 0.15) is 5.78 Å². The predicted octanol–water partition coefficient (Wildman–Crippen LogP) is 3.29. The lowest BCUT2D eigenvalue weighted by Crippen LogP contribution is -2.35. The van der Waals surface area contributed by atoms with Crippen LogP contribution in [0, 0.1) is 12.8 Å². The highest BCUT2D eigenvalue weighted by atomic mass is 79.9. The van der Waals surface area contributed by atoms with Gasteiger partial charge in [0.05, 0.1) is 21.6 Å². The number of sulfone groups is 1. The molecule has 2 atom stereocenters. The third-order valence-electron chi connectivity index (χ3n) is 4.59. The monoisotopic (exact) mass is 418 g/mol. The number of alkyl halides is 1. The molecule has 4 nitrogen and oxygen atoms in total. The van der Waals surface area contributed by atoms with E-state index in [4.69, 9.17) is 11.6 Å². The molecule has 1 saturated carbocycles. The molecule has 3 rings (SSSR count). The van der Waals surface area contributed by atoms with E-state index in [0.29, 0.717) is 24.0 Å². The maximum absolute atomic E-state index is 12.9. The van der Waals surface area contributed by atoms with Crippen molar-refractivity contribution in [3.8, 4) is 0 Å². The number of rotatable bonds is 2. The van der Waals surface area contributed by atoms with Crippen LogP contribution in [0.1, 0.15) is 40.7 Å². The molecular formula is C16H16BrClO4S. The summed E-state index contributed by atoms with van der Waals surface area (Å²) in [5.74, 6) is -1.11. The quantitative estimate of drug-likeness (QED) is 0.419. The third-order valence-corrected chi connectivity index (χ3v) is 7.94. The van der Waals surface area contributed by atoms with Crippen LogP contribution < -0.4 is 0 Å². The van der Waals surface area contributed by atoms with Gasteiger partial charge in [-0.05, 0) is 43.4 Å². The number of fused-ring (bicyclic) bond motifs is 1. The lowest BCUT2D eigenvalue weighted by atomic mass is 9.82. The molecule has 0 spiro atoms. The van der Waals surface area contributed by atoms with E-state index in [1.807, 2.05) is 0 Å². The van der Waals surface area contributed by atoms with E-state index in [-0.39, 0.29) is 37.6 Å². The molecule has 1 aromatic rings. The maximum atomic E-state index is 12.9. The van der Waals surface area contributed by atoms with Gasteiger partial charge in [0.2, 0.25) is 0 Å². The first kappa shape index (κ1) is 17.1. The number of halogens is 2. The zero-order chi connectivity index (χ0) is 16.9. The molecule has 124 valence electrons.